The summed E-state index contributed by atoms with van der Waals surface area (Å²) in [4.78, 5) is 0. The molecule has 1 heterocycles. The number of nitriles is 1. The second-order valence-electron chi connectivity index (χ2n) is 3.89. The Kier molecular flexibility index (Phi) is 2.65. The average Bonchev–Trinajstić information content (AvgIpc) is 2.56. The summed E-state index contributed by atoms with van der Waals surface area (Å²) in [6, 6.07) is 11.2. The van der Waals surface area contributed by atoms with Crippen LogP contribution in [-0.4, -0.2) is 23.5 Å². The molecule has 2 rings (SSSR count). The smallest absolute Gasteiger partial charge is 0.119 e. The first-order valence-corrected chi connectivity index (χ1v) is 6.95. The second kappa shape index (κ2) is 3.81. The van der Waals surface area contributed by atoms with Crippen LogP contribution in [0.25, 0.3) is 0 Å². The van der Waals surface area contributed by atoms with Crippen molar-refractivity contribution in [2.24, 2.45) is 5.92 Å². The van der Waals surface area contributed by atoms with Gasteiger partial charge in [-0.15, -0.1) is 0 Å². The number of hydrogen-bond donors (Lipinski definition) is 1. The number of hydrogen-bond acceptors (Lipinski definition) is 3. The molecule has 0 spiro atoms. The Labute approximate surface area is 88.7 Å². The van der Waals surface area contributed by atoms with Crippen LogP contribution in [0.1, 0.15) is 0 Å². The molecule has 0 amide bonds. The highest BCUT2D eigenvalue weighted by Gasteiger charge is 2.41. The van der Waals surface area contributed by atoms with E-state index in [1.54, 1.807) is 0 Å². The van der Waals surface area contributed by atoms with Crippen LogP contribution < -0.4 is 5.30 Å². The maximum Gasteiger partial charge on any atom is 0.119 e. The molecule has 4 heteroatoms. The van der Waals surface area contributed by atoms with Gasteiger partial charge in [0.25, 0.3) is 0 Å². The van der Waals surface area contributed by atoms with Gasteiger partial charge in [-0.05, 0) is 0 Å². The zero-order valence-corrected chi connectivity index (χ0v) is 9.10. The summed E-state index contributed by atoms with van der Waals surface area (Å²) in [7, 11) is -2.52. The van der Waals surface area contributed by atoms with Crippen LogP contribution in [-0.2, 0) is 4.57 Å². The van der Waals surface area contributed by atoms with E-state index in [2.05, 4.69) is 0 Å². The summed E-state index contributed by atoms with van der Waals surface area (Å²) in [5, 5.41) is 19.2. The van der Waals surface area contributed by atoms with Crippen LogP contribution in [0.3, 0.4) is 0 Å². The summed E-state index contributed by atoms with van der Waals surface area (Å²) in [6.45, 7) is 0. The van der Waals surface area contributed by atoms with Crippen LogP contribution in [0.15, 0.2) is 30.3 Å². The lowest BCUT2D eigenvalue weighted by Gasteiger charge is -2.10. The highest BCUT2D eigenvalue weighted by atomic mass is 31.2. The van der Waals surface area contributed by atoms with Crippen LogP contribution in [0.2, 0.25) is 0 Å². The molecule has 1 aromatic carbocycles. The molecular weight excluding hydrogens is 209 g/mol. The monoisotopic (exact) mass is 221 g/mol. The zero-order valence-electron chi connectivity index (χ0n) is 8.21. The van der Waals surface area contributed by atoms with Crippen molar-refractivity contribution in [3.8, 4) is 6.07 Å². The first-order chi connectivity index (χ1) is 7.15. The molecule has 1 unspecified atom stereocenters. The maximum absolute atomic E-state index is 12.5. The summed E-state index contributed by atoms with van der Waals surface area (Å²) in [5.74, 6) is -0.476. The van der Waals surface area contributed by atoms with Gasteiger partial charge in [-0.2, -0.15) is 5.26 Å². The van der Waals surface area contributed by atoms with E-state index in [4.69, 9.17) is 5.26 Å². The molecule has 0 radical (unpaired) electrons. The summed E-state index contributed by atoms with van der Waals surface area (Å²) in [6.07, 6.45) is -0.176. The van der Waals surface area contributed by atoms with Crippen molar-refractivity contribution in [2.75, 3.05) is 12.3 Å². The Bertz CT molecular complexity index is 438. The highest BCUT2D eigenvalue weighted by Crippen LogP contribution is 2.52. The first-order valence-electron chi connectivity index (χ1n) is 4.87. The lowest BCUT2D eigenvalue weighted by Crippen LogP contribution is -2.15. The Morgan fingerprint density at radius 2 is 2.00 bits per heavy atom. The molecule has 0 aromatic heterocycles. The van der Waals surface area contributed by atoms with Gasteiger partial charge < -0.3 is 9.67 Å². The third kappa shape index (κ3) is 1.84. The van der Waals surface area contributed by atoms with Crippen molar-refractivity contribution in [1.82, 2.24) is 0 Å². The third-order valence-electron chi connectivity index (χ3n) is 2.83. The summed E-state index contributed by atoms with van der Waals surface area (Å²) < 4.78 is 12.5. The number of aliphatic hydroxyl groups is 1. The molecule has 1 fully saturated rings. The predicted octanol–water partition coefficient (Wildman–Crippen LogP) is 1.19. The van der Waals surface area contributed by atoms with Crippen LogP contribution in [0.4, 0.5) is 0 Å². The molecule has 1 N–H and O–H groups in total. The molecule has 1 saturated heterocycles. The minimum absolute atomic E-state index is 0.245. The van der Waals surface area contributed by atoms with Gasteiger partial charge >= 0.3 is 0 Å². The van der Waals surface area contributed by atoms with E-state index < -0.39 is 19.2 Å². The van der Waals surface area contributed by atoms with E-state index in [9.17, 15) is 9.67 Å². The molecule has 3 atom stereocenters. The zero-order chi connectivity index (χ0) is 10.9. The van der Waals surface area contributed by atoms with Crippen molar-refractivity contribution < 1.29 is 9.67 Å². The number of rotatable bonds is 1. The Morgan fingerprint density at radius 3 is 2.53 bits per heavy atom. The second-order valence-corrected chi connectivity index (χ2v) is 6.92. The lowest BCUT2D eigenvalue weighted by molar-refractivity contribution is 0.174. The Hall–Kier alpha value is -1.10. The molecule has 15 heavy (non-hydrogen) atoms. The van der Waals surface area contributed by atoms with E-state index in [0.29, 0.717) is 6.16 Å². The van der Waals surface area contributed by atoms with Crippen molar-refractivity contribution in [1.29, 1.82) is 5.26 Å². The van der Waals surface area contributed by atoms with Crippen LogP contribution in [0, 0.1) is 17.2 Å². The number of nitrogens with zero attached hydrogens (tertiary/aromatic N) is 1. The highest BCUT2D eigenvalue weighted by molar-refractivity contribution is 7.72. The number of aliphatic hydroxyl groups excluding tert-OH is 1. The average molecular weight is 221 g/mol. The quantitative estimate of drug-likeness (QED) is 0.724. The topological polar surface area (TPSA) is 61.1 Å². The molecule has 1 aromatic rings. The SMILES string of the molecule is N#C[C@H]1CP(=O)(c2ccccc2)C[C@@H]1O. The van der Waals surface area contributed by atoms with E-state index in [-0.39, 0.29) is 6.16 Å². The van der Waals surface area contributed by atoms with Crippen molar-refractivity contribution in [3.63, 3.8) is 0 Å². The fourth-order valence-corrected chi connectivity index (χ4v) is 5.09. The van der Waals surface area contributed by atoms with E-state index in [1.807, 2.05) is 36.4 Å². The largest absolute Gasteiger partial charge is 0.391 e. The molecule has 0 bridgehead atoms. The minimum Gasteiger partial charge on any atom is -0.391 e. The molecule has 3 nitrogen and oxygen atoms in total. The van der Waals surface area contributed by atoms with E-state index in [0.717, 1.165) is 5.30 Å². The molecule has 1 aliphatic rings. The fraction of sp³-hybridized carbons (Fsp3) is 0.364. The van der Waals surface area contributed by atoms with Gasteiger partial charge in [0.05, 0.1) is 18.1 Å². The van der Waals surface area contributed by atoms with Crippen molar-refractivity contribution in [2.45, 2.75) is 6.10 Å². The van der Waals surface area contributed by atoms with Gasteiger partial charge in [0.1, 0.15) is 7.14 Å². The fourth-order valence-electron chi connectivity index (χ4n) is 1.98. The van der Waals surface area contributed by atoms with Gasteiger partial charge in [-0.3, -0.25) is 0 Å². The molecule has 78 valence electrons. The molecule has 0 aliphatic carbocycles. The van der Waals surface area contributed by atoms with E-state index in [1.165, 1.54) is 0 Å². The number of benzene rings is 1. The van der Waals surface area contributed by atoms with Gasteiger partial charge in [-0.1, -0.05) is 30.3 Å². The summed E-state index contributed by atoms with van der Waals surface area (Å²) in [5.41, 5.74) is 0. The van der Waals surface area contributed by atoms with Crippen molar-refractivity contribution >= 4 is 12.4 Å². The van der Waals surface area contributed by atoms with Gasteiger partial charge in [0, 0.05) is 17.6 Å². The van der Waals surface area contributed by atoms with Crippen LogP contribution in [0.5, 0.6) is 0 Å². The lowest BCUT2D eigenvalue weighted by atomic mass is 10.1. The predicted molar refractivity (Wildman–Crippen MR) is 58.5 cm³/mol. The van der Waals surface area contributed by atoms with E-state index >= 15 is 0 Å². The van der Waals surface area contributed by atoms with Crippen molar-refractivity contribution in [3.05, 3.63) is 30.3 Å². The Balaban J connectivity index is 2.32. The van der Waals surface area contributed by atoms with Gasteiger partial charge in [0.2, 0.25) is 0 Å². The van der Waals surface area contributed by atoms with Gasteiger partial charge in [-0.25, -0.2) is 0 Å². The van der Waals surface area contributed by atoms with Crippen LogP contribution >= 0.6 is 7.14 Å². The Morgan fingerprint density at radius 1 is 1.33 bits per heavy atom. The normalized spacial score (nSPS) is 34.9. The first kappa shape index (κ1) is 10.4. The summed E-state index contributed by atoms with van der Waals surface area (Å²) >= 11 is 0. The molecule has 0 saturated carbocycles. The maximum atomic E-state index is 12.5. The minimum atomic E-state index is -2.52. The van der Waals surface area contributed by atoms with Gasteiger partial charge in [0.15, 0.2) is 0 Å². The standard InChI is InChI=1S/C11H12NO2P/c12-6-9-7-15(14,8-11(9)13)10-4-2-1-3-5-10/h1-5,9,11,13H,7-8H2/t9-,11-,15?/m0/s1. The molecule has 1 aliphatic heterocycles. The molecular formula is C11H12NO2P. The third-order valence-corrected chi connectivity index (χ3v) is 6.02.